The van der Waals surface area contributed by atoms with Gasteiger partial charge in [-0.3, -0.25) is 4.79 Å². The molecule has 2 bridgehead atoms. The zero-order valence-corrected chi connectivity index (χ0v) is 16.5. The Morgan fingerprint density at radius 1 is 1.23 bits per heavy atom. The van der Waals surface area contributed by atoms with Crippen LogP contribution in [-0.2, 0) is 4.79 Å². The van der Waals surface area contributed by atoms with E-state index in [1.807, 2.05) is 6.07 Å². The predicted octanol–water partition coefficient (Wildman–Crippen LogP) is 3.38. The first-order chi connectivity index (χ1) is 15.0. The van der Waals surface area contributed by atoms with E-state index in [0.717, 1.165) is 12.8 Å². The first-order valence-electron chi connectivity index (χ1n) is 10.1. The van der Waals surface area contributed by atoms with Crippen LogP contribution in [0.2, 0.25) is 0 Å². The van der Waals surface area contributed by atoms with Gasteiger partial charge < -0.3 is 4.74 Å². The third kappa shape index (κ3) is 3.32. The Bertz CT molecular complexity index is 1070. The fourth-order valence-electron chi connectivity index (χ4n) is 5.14. The lowest BCUT2D eigenvalue weighted by Crippen LogP contribution is -2.36. The number of hydrazone groups is 1. The van der Waals surface area contributed by atoms with Gasteiger partial charge in [0, 0.05) is 29.5 Å². The maximum absolute atomic E-state index is 14.3. The van der Waals surface area contributed by atoms with Crippen molar-refractivity contribution in [2.75, 3.05) is 6.61 Å². The lowest BCUT2D eigenvalue weighted by molar-refractivity contribution is -0.138. The van der Waals surface area contributed by atoms with E-state index in [0.29, 0.717) is 18.9 Å². The van der Waals surface area contributed by atoms with Crippen molar-refractivity contribution in [2.45, 2.75) is 31.7 Å². The first kappa shape index (κ1) is 19.5. The van der Waals surface area contributed by atoms with Crippen LogP contribution in [0.15, 0.2) is 35.7 Å². The molecule has 31 heavy (non-hydrogen) atoms. The maximum atomic E-state index is 14.3. The van der Waals surface area contributed by atoms with Gasteiger partial charge in [0.15, 0.2) is 5.69 Å². The summed E-state index contributed by atoms with van der Waals surface area (Å²) < 4.78 is 34.4. The highest BCUT2D eigenvalue weighted by molar-refractivity contribution is 5.83. The van der Waals surface area contributed by atoms with Gasteiger partial charge in [0.25, 0.3) is 0 Å². The van der Waals surface area contributed by atoms with E-state index in [9.17, 15) is 13.6 Å². The second-order valence-electron chi connectivity index (χ2n) is 8.49. The summed E-state index contributed by atoms with van der Waals surface area (Å²) in [6.45, 7) is 0.405. The average Bonchev–Trinajstić information content (AvgIpc) is 3.46. The van der Waals surface area contributed by atoms with Gasteiger partial charge in [-0.05, 0) is 37.3 Å². The van der Waals surface area contributed by atoms with Crippen molar-refractivity contribution in [3.63, 3.8) is 0 Å². The van der Waals surface area contributed by atoms with Crippen molar-refractivity contribution in [2.24, 2.45) is 22.4 Å². The molecule has 2 heterocycles. The number of nitrogens with zero attached hydrogens (tertiary/aromatic N) is 5. The molecule has 7 nitrogen and oxygen atoms in total. The fraction of sp³-hybridized carbons (Fsp3) is 0.409. The van der Waals surface area contributed by atoms with Gasteiger partial charge in [0.1, 0.15) is 17.7 Å². The van der Waals surface area contributed by atoms with Crippen LogP contribution >= 0.6 is 0 Å². The van der Waals surface area contributed by atoms with Crippen LogP contribution in [0.3, 0.4) is 0 Å². The lowest BCUT2D eigenvalue weighted by Gasteiger charge is -2.38. The molecule has 2 atom stereocenters. The van der Waals surface area contributed by atoms with Crippen LogP contribution in [0.25, 0.3) is 0 Å². The van der Waals surface area contributed by atoms with Gasteiger partial charge in [-0.25, -0.2) is 23.8 Å². The summed E-state index contributed by atoms with van der Waals surface area (Å²) in [5, 5.41) is 14.2. The highest BCUT2D eigenvalue weighted by atomic mass is 19.1. The van der Waals surface area contributed by atoms with E-state index in [-0.39, 0.29) is 40.8 Å². The number of amides is 1. The average molecular weight is 423 g/mol. The molecular weight excluding hydrogens is 404 g/mol. The molecule has 0 saturated heterocycles. The number of fused-ring (bicyclic) bond motifs is 1. The van der Waals surface area contributed by atoms with Gasteiger partial charge in [-0.15, -0.1) is 0 Å². The second-order valence-corrected chi connectivity index (χ2v) is 8.49. The summed E-state index contributed by atoms with van der Waals surface area (Å²) in [5.41, 5.74) is -0.0214. The zero-order chi connectivity index (χ0) is 21.6. The number of nitriles is 1. The van der Waals surface area contributed by atoms with Gasteiger partial charge in [0.2, 0.25) is 11.8 Å². The minimum absolute atomic E-state index is 0.115. The van der Waals surface area contributed by atoms with Gasteiger partial charge >= 0.3 is 0 Å². The van der Waals surface area contributed by atoms with Crippen LogP contribution < -0.4 is 4.74 Å². The Hall–Kier alpha value is -3.41. The van der Waals surface area contributed by atoms with Crippen LogP contribution in [0, 0.1) is 40.2 Å². The number of ether oxygens (including phenoxy) is 1. The lowest BCUT2D eigenvalue weighted by atomic mass is 9.70. The molecule has 1 aromatic heterocycles. The molecule has 4 aliphatic rings. The summed E-state index contributed by atoms with van der Waals surface area (Å²) in [6.07, 6.45) is 6.93. The Morgan fingerprint density at radius 2 is 2.00 bits per heavy atom. The minimum atomic E-state index is -0.757. The largest absolute Gasteiger partial charge is 0.476 e. The van der Waals surface area contributed by atoms with Crippen molar-refractivity contribution in [3.05, 3.63) is 53.5 Å². The van der Waals surface area contributed by atoms with E-state index < -0.39 is 17.7 Å². The molecule has 3 saturated carbocycles. The van der Waals surface area contributed by atoms with Crippen molar-refractivity contribution >= 4 is 12.1 Å². The van der Waals surface area contributed by atoms with Crippen molar-refractivity contribution < 1.29 is 18.3 Å². The number of rotatable bonds is 5. The SMILES string of the molecule is N#Cc1cnc(OCC23CC(C2)[C@@H](C(=O)N2N=CCC2c2c(F)cccc2F)C3)cn1. The molecule has 3 aliphatic carbocycles. The van der Waals surface area contributed by atoms with Gasteiger partial charge in [0.05, 0.1) is 25.0 Å². The highest BCUT2D eigenvalue weighted by Crippen LogP contribution is 2.62. The molecule has 9 heteroatoms. The van der Waals surface area contributed by atoms with Crippen molar-refractivity contribution in [1.82, 2.24) is 15.0 Å². The maximum Gasteiger partial charge on any atom is 0.246 e. The number of hydrogen-bond donors (Lipinski definition) is 0. The number of carbonyl (C=O) groups excluding carboxylic acids is 1. The molecule has 1 aromatic carbocycles. The predicted molar refractivity (Wildman–Crippen MR) is 105 cm³/mol. The first-order valence-corrected chi connectivity index (χ1v) is 10.1. The number of halogens is 2. The van der Waals surface area contributed by atoms with Gasteiger partial charge in [-0.2, -0.15) is 10.4 Å². The molecule has 1 aliphatic heterocycles. The molecule has 0 spiro atoms. The van der Waals surface area contributed by atoms with Crippen molar-refractivity contribution in [1.29, 1.82) is 5.26 Å². The normalized spacial score (nSPS) is 28.3. The fourth-order valence-corrected chi connectivity index (χ4v) is 5.14. The summed E-state index contributed by atoms with van der Waals surface area (Å²) in [6, 6.07) is 4.85. The molecule has 1 unspecified atom stereocenters. The Morgan fingerprint density at radius 3 is 2.68 bits per heavy atom. The molecule has 0 N–H and O–H groups in total. The molecule has 158 valence electrons. The quantitative estimate of drug-likeness (QED) is 0.735. The summed E-state index contributed by atoms with van der Waals surface area (Å²) in [7, 11) is 0. The van der Waals surface area contributed by atoms with Crippen LogP contribution in [0.4, 0.5) is 8.78 Å². The molecule has 1 amide bonds. The number of carbonyl (C=O) groups is 1. The van der Waals surface area contributed by atoms with Crippen molar-refractivity contribution in [3.8, 4) is 11.9 Å². The van der Waals surface area contributed by atoms with Crippen LogP contribution in [0.1, 0.15) is 43.0 Å². The third-order valence-electron chi connectivity index (χ3n) is 6.59. The molecule has 6 rings (SSSR count). The van der Waals surface area contributed by atoms with Crippen LogP contribution in [-0.4, -0.2) is 33.7 Å². The molecule has 0 radical (unpaired) electrons. The van der Waals surface area contributed by atoms with E-state index in [1.54, 1.807) is 0 Å². The molecular formula is C22H19F2N5O2. The Kier molecular flexibility index (Phi) is 4.65. The van der Waals surface area contributed by atoms with E-state index in [2.05, 4.69) is 15.1 Å². The summed E-state index contributed by atoms with van der Waals surface area (Å²) in [5.74, 6) is -1.22. The Labute approximate surface area is 177 Å². The minimum Gasteiger partial charge on any atom is -0.476 e. The monoisotopic (exact) mass is 423 g/mol. The highest BCUT2D eigenvalue weighted by Gasteiger charge is 2.59. The van der Waals surface area contributed by atoms with E-state index in [1.165, 1.54) is 41.8 Å². The summed E-state index contributed by atoms with van der Waals surface area (Å²) >= 11 is 0. The smallest absolute Gasteiger partial charge is 0.246 e. The third-order valence-corrected chi connectivity index (χ3v) is 6.59. The number of benzene rings is 1. The molecule has 2 aromatic rings. The van der Waals surface area contributed by atoms with Crippen LogP contribution in [0.5, 0.6) is 5.88 Å². The number of hydrogen-bond acceptors (Lipinski definition) is 6. The van der Waals surface area contributed by atoms with Gasteiger partial charge in [-0.1, -0.05) is 6.07 Å². The van der Waals surface area contributed by atoms with E-state index >= 15 is 0 Å². The topological polar surface area (TPSA) is 91.5 Å². The van der Waals surface area contributed by atoms with E-state index in [4.69, 9.17) is 10.00 Å². The summed E-state index contributed by atoms with van der Waals surface area (Å²) in [4.78, 5) is 21.3. The molecule has 3 fully saturated rings. The second kappa shape index (κ2) is 7.38. The standard InChI is InChI=1S/C22H19F2N5O2/c23-16-2-1-3-17(24)20(16)18-4-5-28-29(18)21(30)15-8-22(6-13(15)7-22)12-31-19-11-26-14(9-25)10-27-19/h1-3,5,10-11,13,15,18H,4,6-8,12H2/t13?,15-,18?,22?/m0/s1. The Balaban J connectivity index is 1.26. The number of aromatic nitrogens is 2. The zero-order valence-electron chi connectivity index (χ0n) is 16.5.